The summed E-state index contributed by atoms with van der Waals surface area (Å²) < 4.78 is 1.01. The number of carbonyl (C=O) groups excluding carboxylic acids is 3. The molecule has 0 unspecified atom stereocenters. The number of carboxylic acids is 1. The number of rotatable bonds is 1. The van der Waals surface area contributed by atoms with Crippen molar-refractivity contribution in [2.45, 2.75) is 40.0 Å². The molecule has 0 spiro atoms. The largest absolute Gasteiger partial charge is 0.478 e. The maximum absolute atomic E-state index is 10.9. The molecule has 0 amide bonds. The van der Waals surface area contributed by atoms with Crippen molar-refractivity contribution in [1.82, 2.24) is 0 Å². The number of Topliss-reactive ketones (excluding diaryl/α,β-unsaturated/α-hetero) is 3. The first-order valence-corrected chi connectivity index (χ1v) is 9.49. The van der Waals surface area contributed by atoms with Gasteiger partial charge in [-0.3, -0.25) is 14.4 Å². The molecule has 0 aromatic rings. The lowest BCUT2D eigenvalue weighted by Crippen LogP contribution is -2.08. The molecule has 0 radical (unpaired) electrons. The predicted molar refractivity (Wildman–Crippen MR) is 112 cm³/mol. The molecule has 0 saturated heterocycles. The van der Waals surface area contributed by atoms with Crippen LogP contribution in [0, 0.1) is 0 Å². The quantitative estimate of drug-likeness (QED) is 0.637. The van der Waals surface area contributed by atoms with Gasteiger partial charge in [0.25, 0.3) is 0 Å². The third-order valence-electron chi connectivity index (χ3n) is 4.07. The van der Waals surface area contributed by atoms with Crippen molar-refractivity contribution < 1.29 is 24.3 Å². The first kappa shape index (κ1) is 23.4. The summed E-state index contributed by atoms with van der Waals surface area (Å²) in [4.78, 5) is 42.7. The SMILES string of the molecule is CC1=CC(Br)=CCC1=O.CC1=CC(C(=O)O)=CCC1=O.CC1=CC=CCC1=O. The van der Waals surface area contributed by atoms with Crippen molar-refractivity contribution in [2.24, 2.45) is 0 Å². The number of aliphatic carboxylic acids is 1. The van der Waals surface area contributed by atoms with Crippen LogP contribution in [0.15, 0.2) is 69.3 Å². The van der Waals surface area contributed by atoms with E-state index in [1.54, 1.807) is 6.92 Å². The van der Waals surface area contributed by atoms with Gasteiger partial charge >= 0.3 is 5.97 Å². The summed E-state index contributed by atoms with van der Waals surface area (Å²) in [5, 5.41) is 8.52. The van der Waals surface area contributed by atoms with E-state index in [0.717, 1.165) is 15.6 Å². The molecule has 3 rings (SSSR count). The number of ketones is 3. The molecule has 0 bridgehead atoms. The van der Waals surface area contributed by atoms with Crippen molar-refractivity contribution in [3.05, 3.63) is 69.3 Å². The van der Waals surface area contributed by atoms with Gasteiger partial charge in [-0.1, -0.05) is 46.3 Å². The molecule has 5 nitrogen and oxygen atoms in total. The second kappa shape index (κ2) is 11.3. The summed E-state index contributed by atoms with van der Waals surface area (Å²) in [7, 11) is 0. The summed E-state index contributed by atoms with van der Waals surface area (Å²) in [6, 6.07) is 0. The molecule has 3 aliphatic carbocycles. The highest BCUT2D eigenvalue weighted by atomic mass is 79.9. The number of carboxylic acid groups (broad SMARTS) is 1. The number of hydrogen-bond donors (Lipinski definition) is 1. The molecule has 0 atom stereocenters. The van der Waals surface area contributed by atoms with Gasteiger partial charge in [0, 0.05) is 23.7 Å². The van der Waals surface area contributed by atoms with E-state index in [4.69, 9.17) is 5.11 Å². The molecule has 1 N–H and O–H groups in total. The standard InChI is InChI=1S/C8H8O3.C7H7BrO.C7H8O/c1-5-4-6(8(10)11)2-3-7(5)9;1-5-4-6(8)2-3-7(5)9;1-6-4-2-3-5-7(6)8/h2,4H,3H2,1H3,(H,10,11);2,4H,3H2,1H3;2-4H,5H2,1H3. The van der Waals surface area contributed by atoms with Gasteiger partial charge in [-0.15, -0.1) is 0 Å². The highest BCUT2D eigenvalue weighted by Crippen LogP contribution is 2.17. The van der Waals surface area contributed by atoms with Gasteiger partial charge in [0.2, 0.25) is 0 Å². The minimum Gasteiger partial charge on any atom is -0.478 e. The molecule has 0 saturated carbocycles. The summed E-state index contributed by atoms with van der Waals surface area (Å²) in [5.74, 6) is -0.516. The number of halogens is 1. The smallest absolute Gasteiger partial charge is 0.335 e. The summed E-state index contributed by atoms with van der Waals surface area (Å²) in [5.41, 5.74) is 2.43. The average molecular weight is 447 g/mol. The van der Waals surface area contributed by atoms with E-state index in [1.165, 1.54) is 12.2 Å². The molecule has 0 aliphatic heterocycles. The highest BCUT2D eigenvalue weighted by molar-refractivity contribution is 9.11. The van der Waals surface area contributed by atoms with Gasteiger partial charge in [0.05, 0.1) is 5.57 Å². The van der Waals surface area contributed by atoms with Gasteiger partial charge in [-0.05, 0) is 49.6 Å². The zero-order valence-electron chi connectivity index (χ0n) is 16.1. The summed E-state index contributed by atoms with van der Waals surface area (Å²) in [6.07, 6.45) is 13.5. The van der Waals surface area contributed by atoms with Crippen molar-refractivity contribution in [2.75, 3.05) is 0 Å². The second-order valence-electron chi connectivity index (χ2n) is 6.37. The molecule has 0 aromatic carbocycles. The van der Waals surface area contributed by atoms with Gasteiger partial charge in [-0.25, -0.2) is 4.79 Å². The molecular weight excluding hydrogens is 424 g/mol. The first-order chi connectivity index (χ1) is 13.1. The van der Waals surface area contributed by atoms with Crippen LogP contribution in [0.4, 0.5) is 0 Å². The van der Waals surface area contributed by atoms with Gasteiger partial charge < -0.3 is 5.11 Å². The van der Waals surface area contributed by atoms with E-state index >= 15 is 0 Å². The minimum atomic E-state index is -0.975. The van der Waals surface area contributed by atoms with Crippen molar-refractivity contribution in [1.29, 1.82) is 0 Å². The number of hydrogen-bond acceptors (Lipinski definition) is 4. The van der Waals surface area contributed by atoms with Crippen LogP contribution in [0.3, 0.4) is 0 Å². The van der Waals surface area contributed by atoms with Crippen LogP contribution in [-0.2, 0) is 19.2 Å². The Morgan fingerprint density at radius 3 is 1.79 bits per heavy atom. The van der Waals surface area contributed by atoms with E-state index in [0.29, 0.717) is 18.4 Å². The van der Waals surface area contributed by atoms with E-state index in [1.807, 2.05) is 44.2 Å². The molecular formula is C22H23BrO5. The van der Waals surface area contributed by atoms with Crippen LogP contribution in [0.1, 0.15) is 40.0 Å². The summed E-state index contributed by atoms with van der Waals surface area (Å²) >= 11 is 3.29. The van der Waals surface area contributed by atoms with E-state index in [-0.39, 0.29) is 29.3 Å². The minimum absolute atomic E-state index is 0.00463. The second-order valence-corrected chi connectivity index (χ2v) is 7.28. The lowest BCUT2D eigenvalue weighted by Gasteiger charge is -2.04. The zero-order valence-corrected chi connectivity index (χ0v) is 17.7. The third kappa shape index (κ3) is 7.96. The highest BCUT2D eigenvalue weighted by Gasteiger charge is 2.13. The Bertz CT molecular complexity index is 863. The van der Waals surface area contributed by atoms with Crippen LogP contribution >= 0.6 is 15.9 Å². The number of carbonyl (C=O) groups is 4. The van der Waals surface area contributed by atoms with Crippen molar-refractivity contribution >= 4 is 39.2 Å². The molecule has 0 heterocycles. The van der Waals surface area contributed by atoms with Crippen molar-refractivity contribution in [3.63, 3.8) is 0 Å². The van der Waals surface area contributed by atoms with Gasteiger partial charge in [0.15, 0.2) is 17.3 Å². The molecule has 0 fully saturated rings. The Balaban J connectivity index is 0.000000213. The van der Waals surface area contributed by atoms with Crippen LogP contribution in [0.25, 0.3) is 0 Å². The summed E-state index contributed by atoms with van der Waals surface area (Å²) in [6.45, 7) is 5.29. The zero-order chi connectivity index (χ0) is 21.3. The van der Waals surface area contributed by atoms with Crippen molar-refractivity contribution in [3.8, 4) is 0 Å². The maximum Gasteiger partial charge on any atom is 0.335 e. The normalized spacial score (nSPS) is 18.3. The molecule has 3 aliphatic rings. The lowest BCUT2D eigenvalue weighted by molar-refractivity contribution is -0.132. The fourth-order valence-corrected chi connectivity index (χ4v) is 2.73. The Morgan fingerprint density at radius 2 is 1.39 bits per heavy atom. The van der Waals surface area contributed by atoms with Crippen LogP contribution in [-0.4, -0.2) is 28.4 Å². The lowest BCUT2D eigenvalue weighted by atomic mass is 10.00. The van der Waals surface area contributed by atoms with Crippen LogP contribution in [0.5, 0.6) is 0 Å². The van der Waals surface area contributed by atoms with Crippen LogP contribution < -0.4 is 0 Å². The molecule has 28 heavy (non-hydrogen) atoms. The van der Waals surface area contributed by atoms with Gasteiger partial charge in [-0.2, -0.15) is 0 Å². The topological polar surface area (TPSA) is 88.5 Å². The van der Waals surface area contributed by atoms with Crippen LogP contribution in [0.2, 0.25) is 0 Å². The Kier molecular flexibility index (Phi) is 9.45. The fraction of sp³-hybridized carbons (Fsp3) is 0.273. The predicted octanol–water partition coefficient (Wildman–Crippen LogP) is 4.56. The van der Waals surface area contributed by atoms with E-state index in [9.17, 15) is 19.2 Å². The van der Waals surface area contributed by atoms with E-state index < -0.39 is 5.97 Å². The number of allylic oxidation sites excluding steroid dienone is 10. The fourth-order valence-electron chi connectivity index (χ4n) is 2.22. The first-order valence-electron chi connectivity index (χ1n) is 8.70. The van der Waals surface area contributed by atoms with E-state index in [2.05, 4.69) is 15.9 Å². The monoisotopic (exact) mass is 446 g/mol. The van der Waals surface area contributed by atoms with Gasteiger partial charge in [0.1, 0.15) is 0 Å². The average Bonchev–Trinajstić information content (AvgIpc) is 2.64. The maximum atomic E-state index is 10.9. The molecule has 0 aromatic heterocycles. The Hall–Kier alpha value is -2.60. The molecule has 148 valence electrons. The third-order valence-corrected chi connectivity index (χ3v) is 4.62. The Labute approximate surface area is 173 Å². The Morgan fingerprint density at radius 1 is 0.857 bits per heavy atom. The molecule has 6 heteroatoms.